The molecule has 0 aromatic rings. The number of aliphatic hydroxyl groups excluding tert-OH is 2. The lowest BCUT2D eigenvalue weighted by atomic mass is 10.0. The first kappa shape index (κ1) is 64.3. The van der Waals surface area contributed by atoms with Gasteiger partial charge in [0.2, 0.25) is 5.91 Å². The molecule has 0 heterocycles. The molecular formula is C60H115NO5. The highest BCUT2D eigenvalue weighted by atomic mass is 16.5. The molecule has 0 aliphatic rings. The van der Waals surface area contributed by atoms with E-state index in [1.165, 1.54) is 212 Å². The van der Waals surface area contributed by atoms with Crippen molar-refractivity contribution < 1.29 is 24.5 Å². The minimum atomic E-state index is -0.863. The highest BCUT2D eigenvalue weighted by Gasteiger charge is 2.18. The third kappa shape index (κ3) is 51.7. The molecule has 3 N–H and O–H groups in total. The minimum Gasteiger partial charge on any atom is -0.466 e. The van der Waals surface area contributed by atoms with Crippen LogP contribution in [0.4, 0.5) is 0 Å². The van der Waals surface area contributed by atoms with Crippen LogP contribution in [0, 0.1) is 0 Å². The Balaban J connectivity index is 3.51. The Labute approximate surface area is 411 Å². The van der Waals surface area contributed by atoms with Gasteiger partial charge in [0.25, 0.3) is 0 Å². The van der Waals surface area contributed by atoms with Gasteiger partial charge in [0, 0.05) is 12.8 Å². The number of unbranched alkanes of at least 4 members (excludes halogenated alkanes) is 42. The first-order chi connectivity index (χ1) is 32.5. The molecule has 390 valence electrons. The van der Waals surface area contributed by atoms with E-state index in [4.69, 9.17) is 4.74 Å². The number of rotatable bonds is 55. The summed E-state index contributed by atoms with van der Waals surface area (Å²) in [5.74, 6) is -0.122. The maximum atomic E-state index is 12.5. The lowest BCUT2D eigenvalue weighted by Gasteiger charge is -2.20. The van der Waals surface area contributed by atoms with Crippen molar-refractivity contribution in [3.8, 4) is 0 Å². The zero-order valence-electron chi connectivity index (χ0n) is 44.4. The van der Waals surface area contributed by atoms with Crippen LogP contribution in [0.25, 0.3) is 0 Å². The average Bonchev–Trinajstić information content (AvgIpc) is 3.32. The van der Waals surface area contributed by atoms with E-state index in [2.05, 4.69) is 31.3 Å². The molecule has 66 heavy (non-hydrogen) atoms. The van der Waals surface area contributed by atoms with Crippen molar-refractivity contribution in [2.75, 3.05) is 13.2 Å². The van der Waals surface area contributed by atoms with Gasteiger partial charge in [0.15, 0.2) is 0 Å². The number of ether oxygens (including phenoxy) is 1. The van der Waals surface area contributed by atoms with E-state index in [-0.39, 0.29) is 18.5 Å². The van der Waals surface area contributed by atoms with Crippen molar-refractivity contribution in [3.05, 3.63) is 24.3 Å². The van der Waals surface area contributed by atoms with E-state index in [0.717, 1.165) is 83.5 Å². The summed E-state index contributed by atoms with van der Waals surface area (Å²) in [7, 11) is 0. The lowest BCUT2D eigenvalue weighted by Crippen LogP contribution is -2.45. The predicted octanol–water partition coefficient (Wildman–Crippen LogP) is 18.2. The van der Waals surface area contributed by atoms with Gasteiger partial charge in [-0.05, 0) is 57.8 Å². The summed E-state index contributed by atoms with van der Waals surface area (Å²) in [6.45, 7) is 4.85. The highest BCUT2D eigenvalue weighted by Crippen LogP contribution is 2.17. The van der Waals surface area contributed by atoms with Gasteiger partial charge in [0.05, 0.1) is 25.4 Å². The van der Waals surface area contributed by atoms with Gasteiger partial charge in [0.1, 0.15) is 0 Å². The largest absolute Gasteiger partial charge is 0.466 e. The fraction of sp³-hybridized carbons (Fsp3) is 0.900. The van der Waals surface area contributed by atoms with Crippen LogP contribution < -0.4 is 5.32 Å². The molecule has 0 aliphatic heterocycles. The average molecular weight is 931 g/mol. The van der Waals surface area contributed by atoms with E-state index in [9.17, 15) is 19.8 Å². The van der Waals surface area contributed by atoms with E-state index in [1.807, 2.05) is 6.08 Å². The van der Waals surface area contributed by atoms with E-state index in [0.29, 0.717) is 19.4 Å². The van der Waals surface area contributed by atoms with Crippen molar-refractivity contribution in [3.63, 3.8) is 0 Å². The van der Waals surface area contributed by atoms with E-state index >= 15 is 0 Å². The summed E-state index contributed by atoms with van der Waals surface area (Å²) >= 11 is 0. The zero-order valence-corrected chi connectivity index (χ0v) is 44.4. The van der Waals surface area contributed by atoms with Gasteiger partial charge < -0.3 is 20.3 Å². The topological polar surface area (TPSA) is 95.9 Å². The number of hydrogen-bond acceptors (Lipinski definition) is 5. The number of carbonyl (C=O) groups excluding carboxylic acids is 2. The molecule has 0 aromatic carbocycles. The molecule has 2 unspecified atom stereocenters. The Morgan fingerprint density at radius 3 is 1.08 bits per heavy atom. The quantitative estimate of drug-likeness (QED) is 0.0321. The molecule has 6 nitrogen and oxygen atoms in total. The van der Waals surface area contributed by atoms with Crippen LogP contribution in [0.3, 0.4) is 0 Å². The molecule has 0 aliphatic carbocycles. The Morgan fingerprint density at radius 2 is 0.712 bits per heavy atom. The summed E-state index contributed by atoms with van der Waals surface area (Å²) in [6.07, 6.45) is 67.8. The van der Waals surface area contributed by atoms with Crippen LogP contribution in [-0.2, 0) is 14.3 Å². The number of esters is 1. The Hall–Kier alpha value is -1.66. The third-order valence-electron chi connectivity index (χ3n) is 13.7. The smallest absolute Gasteiger partial charge is 0.305 e. The molecule has 0 saturated carbocycles. The van der Waals surface area contributed by atoms with E-state index < -0.39 is 12.1 Å². The number of carbonyl (C=O) groups is 2. The van der Waals surface area contributed by atoms with Crippen molar-refractivity contribution in [2.24, 2.45) is 0 Å². The monoisotopic (exact) mass is 930 g/mol. The minimum absolute atomic E-state index is 0.0278. The maximum absolute atomic E-state index is 12.5. The SMILES string of the molecule is CCCCCCCCCCCCCCCCCCC/C=C/C(O)C(CO)NC(=O)CCCCCCC/C=C\CCCCOC(=O)CCCCCCCCCCCCCCCCCCCCC. The summed E-state index contributed by atoms with van der Waals surface area (Å²) in [5.41, 5.74) is 0. The second-order valence-corrected chi connectivity index (χ2v) is 20.3. The van der Waals surface area contributed by atoms with Gasteiger partial charge >= 0.3 is 5.97 Å². The third-order valence-corrected chi connectivity index (χ3v) is 13.7. The van der Waals surface area contributed by atoms with Gasteiger partial charge in [-0.3, -0.25) is 9.59 Å². The fourth-order valence-corrected chi connectivity index (χ4v) is 9.16. The van der Waals surface area contributed by atoms with Gasteiger partial charge in [-0.15, -0.1) is 0 Å². The molecule has 0 bridgehead atoms. The first-order valence-electron chi connectivity index (χ1n) is 29.6. The number of nitrogens with one attached hydrogen (secondary N) is 1. The molecule has 2 atom stereocenters. The summed E-state index contributed by atoms with van der Waals surface area (Å²) in [6, 6.07) is -0.649. The van der Waals surface area contributed by atoms with Gasteiger partial charge in [-0.1, -0.05) is 276 Å². The molecule has 0 radical (unpaired) electrons. The van der Waals surface area contributed by atoms with Gasteiger partial charge in [-0.25, -0.2) is 0 Å². The first-order valence-corrected chi connectivity index (χ1v) is 29.6. The Bertz CT molecular complexity index is 1030. The van der Waals surface area contributed by atoms with Crippen LogP contribution in [0.2, 0.25) is 0 Å². The number of hydrogen-bond donors (Lipinski definition) is 3. The molecule has 0 saturated heterocycles. The van der Waals surface area contributed by atoms with Crippen LogP contribution in [-0.4, -0.2) is 47.4 Å². The summed E-state index contributed by atoms with van der Waals surface area (Å²) in [4.78, 5) is 24.6. The van der Waals surface area contributed by atoms with Crippen molar-refractivity contribution in [1.82, 2.24) is 5.32 Å². The van der Waals surface area contributed by atoms with Crippen molar-refractivity contribution in [2.45, 2.75) is 334 Å². The maximum Gasteiger partial charge on any atom is 0.305 e. The van der Waals surface area contributed by atoms with Gasteiger partial charge in [-0.2, -0.15) is 0 Å². The number of allylic oxidation sites excluding steroid dienone is 3. The number of aliphatic hydroxyl groups is 2. The standard InChI is InChI=1S/C60H115NO5/c1-3-5-7-9-11-13-15-17-19-21-23-25-27-29-32-36-40-44-48-52-58(63)57(56-62)61-59(64)53-49-45-41-37-33-31-35-39-43-47-51-55-66-60(65)54-50-46-42-38-34-30-28-26-24-22-20-18-16-14-12-10-8-6-4-2/h35,39,48,52,57-58,62-63H,3-34,36-38,40-47,49-51,53-56H2,1-2H3,(H,61,64)/b39-35-,52-48+. The van der Waals surface area contributed by atoms with Crippen LogP contribution in [0.1, 0.15) is 322 Å². The van der Waals surface area contributed by atoms with Crippen molar-refractivity contribution in [1.29, 1.82) is 0 Å². The normalized spacial score (nSPS) is 12.7. The second-order valence-electron chi connectivity index (χ2n) is 20.3. The van der Waals surface area contributed by atoms with Crippen LogP contribution in [0.15, 0.2) is 24.3 Å². The molecule has 1 amide bonds. The summed E-state index contributed by atoms with van der Waals surface area (Å²) < 4.78 is 5.46. The molecule has 0 aromatic heterocycles. The summed E-state index contributed by atoms with van der Waals surface area (Å²) in [5, 5.41) is 23.1. The Kier molecular flexibility index (Phi) is 54.5. The predicted molar refractivity (Wildman–Crippen MR) is 287 cm³/mol. The van der Waals surface area contributed by atoms with E-state index in [1.54, 1.807) is 6.08 Å². The zero-order chi connectivity index (χ0) is 47.9. The van der Waals surface area contributed by atoms with Crippen molar-refractivity contribution >= 4 is 11.9 Å². The molecule has 6 heteroatoms. The fourth-order valence-electron chi connectivity index (χ4n) is 9.16. The number of amides is 1. The molecule has 0 rings (SSSR count). The molecule has 0 spiro atoms. The molecule has 0 fully saturated rings. The Morgan fingerprint density at radius 1 is 0.409 bits per heavy atom. The second kappa shape index (κ2) is 55.9. The van der Waals surface area contributed by atoms with Crippen LogP contribution >= 0.6 is 0 Å². The molecular weight excluding hydrogens is 815 g/mol. The van der Waals surface area contributed by atoms with Crippen LogP contribution in [0.5, 0.6) is 0 Å². The highest BCUT2D eigenvalue weighted by molar-refractivity contribution is 5.76. The lowest BCUT2D eigenvalue weighted by molar-refractivity contribution is -0.143.